The zero-order chi connectivity index (χ0) is 15.2. The highest BCUT2D eigenvalue weighted by Crippen LogP contribution is 2.22. The number of anilines is 3. The number of ether oxygens (including phenoxy) is 1. The molecule has 0 atom stereocenters. The van der Waals surface area contributed by atoms with Gasteiger partial charge in [0.2, 0.25) is 0 Å². The molecular formula is C15H19ClN4O. The third kappa shape index (κ3) is 4.58. The Morgan fingerprint density at radius 2 is 2.05 bits per heavy atom. The van der Waals surface area contributed by atoms with Crippen LogP contribution < -0.4 is 10.2 Å². The zero-order valence-electron chi connectivity index (χ0n) is 12.4. The summed E-state index contributed by atoms with van der Waals surface area (Å²) in [6.07, 6.45) is 0. The van der Waals surface area contributed by atoms with Gasteiger partial charge in [-0.05, 0) is 25.1 Å². The summed E-state index contributed by atoms with van der Waals surface area (Å²) in [6, 6.07) is 9.74. The molecule has 0 amide bonds. The van der Waals surface area contributed by atoms with Gasteiger partial charge in [0.05, 0.1) is 0 Å². The first kappa shape index (κ1) is 15.5. The largest absolute Gasteiger partial charge is 0.378 e. The molecule has 1 N–H and O–H groups in total. The summed E-state index contributed by atoms with van der Waals surface area (Å²) in [5, 5.41) is 3.63. The maximum atomic E-state index is 6.02. The van der Waals surface area contributed by atoms with Gasteiger partial charge >= 0.3 is 0 Å². The lowest BCUT2D eigenvalue weighted by molar-refractivity contribution is 0.128. The van der Waals surface area contributed by atoms with Crippen LogP contribution in [0.3, 0.4) is 0 Å². The number of rotatable bonds is 6. The Bertz CT molecular complexity index is 604. The van der Waals surface area contributed by atoms with Crippen molar-refractivity contribution in [2.45, 2.75) is 13.5 Å². The molecule has 0 bridgehead atoms. The summed E-state index contributed by atoms with van der Waals surface area (Å²) in [7, 11) is 4.00. The van der Waals surface area contributed by atoms with Gasteiger partial charge in [-0.15, -0.1) is 0 Å². The Kier molecular flexibility index (Phi) is 5.36. The number of nitrogens with one attached hydrogen (secondary N) is 1. The van der Waals surface area contributed by atoms with E-state index in [4.69, 9.17) is 16.3 Å². The molecule has 2 rings (SSSR count). The number of halogens is 1. The van der Waals surface area contributed by atoms with E-state index < -0.39 is 0 Å². The summed E-state index contributed by atoms with van der Waals surface area (Å²) in [5.74, 6) is 1.22. The van der Waals surface area contributed by atoms with Crippen LogP contribution in [0.4, 0.5) is 17.2 Å². The zero-order valence-corrected chi connectivity index (χ0v) is 13.2. The molecule has 0 aliphatic rings. The van der Waals surface area contributed by atoms with E-state index in [0.717, 1.165) is 11.4 Å². The number of benzene rings is 1. The smallest absolute Gasteiger partial charge is 0.158 e. The molecule has 0 saturated heterocycles. The Labute approximate surface area is 129 Å². The number of aromatic nitrogens is 2. The Morgan fingerprint density at radius 1 is 1.24 bits per heavy atom. The topological polar surface area (TPSA) is 50.3 Å². The van der Waals surface area contributed by atoms with E-state index in [9.17, 15) is 0 Å². The summed E-state index contributed by atoms with van der Waals surface area (Å²) >= 11 is 6.02. The molecule has 0 aliphatic heterocycles. The average Bonchev–Trinajstić information content (AvgIpc) is 2.45. The van der Waals surface area contributed by atoms with Crippen molar-refractivity contribution in [3.8, 4) is 0 Å². The third-order valence-electron chi connectivity index (χ3n) is 2.81. The molecule has 6 heteroatoms. The number of hydrogen-bond acceptors (Lipinski definition) is 5. The fraction of sp³-hybridized carbons (Fsp3) is 0.333. The predicted molar refractivity (Wildman–Crippen MR) is 86.4 cm³/mol. The van der Waals surface area contributed by atoms with Gasteiger partial charge < -0.3 is 15.0 Å². The Balaban J connectivity index is 2.18. The number of nitrogens with zero attached hydrogens (tertiary/aromatic N) is 3. The Hall–Kier alpha value is -1.85. The van der Waals surface area contributed by atoms with Gasteiger partial charge in [0, 0.05) is 38.1 Å². The van der Waals surface area contributed by atoms with Crippen molar-refractivity contribution in [2.75, 3.05) is 30.9 Å². The van der Waals surface area contributed by atoms with Crippen LogP contribution in [0, 0.1) is 0 Å². The van der Waals surface area contributed by atoms with Gasteiger partial charge in [0.1, 0.15) is 17.6 Å². The fourth-order valence-corrected chi connectivity index (χ4v) is 2.00. The molecule has 1 aromatic carbocycles. The molecule has 0 radical (unpaired) electrons. The summed E-state index contributed by atoms with van der Waals surface area (Å²) in [5.41, 5.74) is 2.05. The molecule has 0 unspecified atom stereocenters. The predicted octanol–water partition coefficient (Wildman–Crippen LogP) is 3.48. The SMILES string of the molecule is CCOCc1nc(Cl)cc(Nc2cccc(N(C)C)c2)n1. The molecule has 5 nitrogen and oxygen atoms in total. The minimum Gasteiger partial charge on any atom is -0.378 e. The monoisotopic (exact) mass is 306 g/mol. The summed E-state index contributed by atoms with van der Waals surface area (Å²) in [4.78, 5) is 10.6. The van der Waals surface area contributed by atoms with E-state index in [2.05, 4.69) is 15.3 Å². The van der Waals surface area contributed by atoms with E-state index >= 15 is 0 Å². The molecule has 112 valence electrons. The van der Waals surface area contributed by atoms with E-state index in [0.29, 0.717) is 30.0 Å². The molecule has 0 aliphatic carbocycles. The number of hydrogen-bond donors (Lipinski definition) is 1. The minimum absolute atomic E-state index is 0.351. The van der Waals surface area contributed by atoms with E-state index in [1.165, 1.54) is 0 Å². The van der Waals surface area contributed by atoms with Gasteiger partial charge in [0.25, 0.3) is 0 Å². The molecule has 21 heavy (non-hydrogen) atoms. The standard InChI is InChI=1S/C15H19ClN4O/c1-4-21-10-15-18-13(16)9-14(19-15)17-11-6-5-7-12(8-11)20(2)3/h5-9H,4,10H2,1-3H3,(H,17,18,19). The van der Waals surface area contributed by atoms with E-state index in [1.54, 1.807) is 6.07 Å². The maximum absolute atomic E-state index is 6.02. The van der Waals surface area contributed by atoms with Crippen LogP contribution in [0.15, 0.2) is 30.3 Å². The van der Waals surface area contributed by atoms with Crippen LogP contribution in [0.1, 0.15) is 12.7 Å². The van der Waals surface area contributed by atoms with Gasteiger partial charge in [-0.2, -0.15) is 0 Å². The van der Waals surface area contributed by atoms with Crippen LogP contribution in [-0.2, 0) is 11.3 Å². The van der Waals surface area contributed by atoms with Crippen LogP contribution in [0.5, 0.6) is 0 Å². The molecule has 0 fully saturated rings. The lowest BCUT2D eigenvalue weighted by atomic mass is 10.2. The van der Waals surface area contributed by atoms with Crippen LogP contribution in [0.2, 0.25) is 5.15 Å². The lowest BCUT2D eigenvalue weighted by Crippen LogP contribution is -2.08. The first-order valence-electron chi connectivity index (χ1n) is 6.74. The molecular weight excluding hydrogens is 288 g/mol. The molecule has 0 saturated carbocycles. The van der Waals surface area contributed by atoms with Crippen LogP contribution in [0.25, 0.3) is 0 Å². The van der Waals surface area contributed by atoms with Crippen molar-refractivity contribution < 1.29 is 4.74 Å². The van der Waals surface area contributed by atoms with Gasteiger partial charge in [0.15, 0.2) is 5.82 Å². The third-order valence-corrected chi connectivity index (χ3v) is 3.01. The van der Waals surface area contributed by atoms with E-state index in [-0.39, 0.29) is 0 Å². The Morgan fingerprint density at radius 3 is 2.76 bits per heavy atom. The second-order valence-corrected chi connectivity index (χ2v) is 5.09. The molecule has 2 aromatic rings. The highest BCUT2D eigenvalue weighted by atomic mass is 35.5. The van der Waals surface area contributed by atoms with E-state index in [1.807, 2.05) is 50.2 Å². The summed E-state index contributed by atoms with van der Waals surface area (Å²) in [6.45, 7) is 2.89. The second kappa shape index (κ2) is 7.24. The lowest BCUT2D eigenvalue weighted by Gasteiger charge is -2.14. The van der Waals surface area contributed by atoms with Crippen molar-refractivity contribution in [1.29, 1.82) is 0 Å². The maximum Gasteiger partial charge on any atom is 0.158 e. The molecule has 1 aromatic heterocycles. The van der Waals surface area contributed by atoms with Crippen molar-refractivity contribution in [3.05, 3.63) is 41.3 Å². The highest BCUT2D eigenvalue weighted by Gasteiger charge is 2.05. The van der Waals surface area contributed by atoms with Crippen molar-refractivity contribution in [2.24, 2.45) is 0 Å². The summed E-state index contributed by atoms with van der Waals surface area (Å²) < 4.78 is 5.31. The van der Waals surface area contributed by atoms with Crippen LogP contribution in [-0.4, -0.2) is 30.7 Å². The average molecular weight is 307 g/mol. The molecule has 0 spiro atoms. The van der Waals surface area contributed by atoms with Gasteiger partial charge in [-0.3, -0.25) is 0 Å². The van der Waals surface area contributed by atoms with Crippen molar-refractivity contribution in [1.82, 2.24) is 9.97 Å². The van der Waals surface area contributed by atoms with Crippen molar-refractivity contribution >= 4 is 28.8 Å². The van der Waals surface area contributed by atoms with Gasteiger partial charge in [-0.25, -0.2) is 9.97 Å². The van der Waals surface area contributed by atoms with Crippen molar-refractivity contribution in [3.63, 3.8) is 0 Å². The fourth-order valence-electron chi connectivity index (χ4n) is 1.80. The van der Waals surface area contributed by atoms with Crippen LogP contribution >= 0.6 is 11.6 Å². The normalized spacial score (nSPS) is 10.5. The molecule has 1 heterocycles. The quantitative estimate of drug-likeness (QED) is 0.828. The minimum atomic E-state index is 0.351. The van der Waals surface area contributed by atoms with Gasteiger partial charge in [-0.1, -0.05) is 17.7 Å². The first-order valence-corrected chi connectivity index (χ1v) is 7.12. The second-order valence-electron chi connectivity index (χ2n) is 4.70. The first-order chi connectivity index (χ1) is 10.1. The highest BCUT2D eigenvalue weighted by molar-refractivity contribution is 6.29.